The van der Waals surface area contributed by atoms with E-state index >= 15 is 0 Å². The highest BCUT2D eigenvalue weighted by atomic mass is 16.5. The lowest BCUT2D eigenvalue weighted by Gasteiger charge is -2.08. The van der Waals surface area contributed by atoms with Crippen LogP contribution >= 0.6 is 0 Å². The van der Waals surface area contributed by atoms with Gasteiger partial charge in [-0.3, -0.25) is 4.79 Å². The Bertz CT molecular complexity index is 893. The Morgan fingerprint density at radius 2 is 1.67 bits per heavy atom. The van der Waals surface area contributed by atoms with Gasteiger partial charge in [0.2, 0.25) is 5.91 Å². The molecule has 2 aromatic carbocycles. The van der Waals surface area contributed by atoms with E-state index in [1.807, 2.05) is 62.4 Å². The number of carbonyl (C=O) groups is 1. The van der Waals surface area contributed by atoms with Crippen molar-refractivity contribution in [3.63, 3.8) is 0 Å². The van der Waals surface area contributed by atoms with Crippen LogP contribution in [-0.4, -0.2) is 22.7 Å². The third kappa shape index (κ3) is 5.28. The second kappa shape index (κ2) is 8.80. The molecule has 0 spiro atoms. The van der Waals surface area contributed by atoms with Crippen LogP contribution in [0, 0.1) is 6.92 Å². The van der Waals surface area contributed by atoms with Gasteiger partial charge in [-0.15, -0.1) is 10.2 Å². The fourth-order valence-corrected chi connectivity index (χ4v) is 2.58. The summed E-state index contributed by atoms with van der Waals surface area (Å²) in [6, 6.07) is 18.9. The summed E-state index contributed by atoms with van der Waals surface area (Å²) in [4.78, 5) is 12.2. The molecule has 0 aliphatic carbocycles. The number of aryl methyl sites for hydroxylation is 1. The molecule has 1 amide bonds. The predicted octanol–water partition coefficient (Wildman–Crippen LogP) is 4.11. The summed E-state index contributed by atoms with van der Waals surface area (Å²) in [5.74, 6) is 1.72. The maximum absolute atomic E-state index is 12.2. The SMILES string of the molecule is CCOc1ccc(Nc2ccc(NC(=O)Cc3ccccc3C)nn2)cc1. The molecule has 6 heteroatoms. The summed E-state index contributed by atoms with van der Waals surface area (Å²) in [6.07, 6.45) is 0.306. The maximum atomic E-state index is 12.2. The van der Waals surface area contributed by atoms with Crippen molar-refractivity contribution >= 4 is 23.2 Å². The second-order valence-corrected chi connectivity index (χ2v) is 6.04. The molecule has 0 atom stereocenters. The number of nitrogens with zero attached hydrogens (tertiary/aromatic N) is 2. The van der Waals surface area contributed by atoms with E-state index in [9.17, 15) is 4.79 Å². The Hall–Kier alpha value is -3.41. The molecule has 2 N–H and O–H groups in total. The fourth-order valence-electron chi connectivity index (χ4n) is 2.58. The largest absolute Gasteiger partial charge is 0.494 e. The molecular formula is C21H22N4O2. The smallest absolute Gasteiger partial charge is 0.230 e. The molecule has 1 aromatic heterocycles. The van der Waals surface area contributed by atoms with E-state index in [4.69, 9.17) is 4.74 Å². The Balaban J connectivity index is 1.56. The number of anilines is 3. The van der Waals surface area contributed by atoms with Gasteiger partial charge in [0.1, 0.15) is 5.75 Å². The number of benzene rings is 2. The first-order valence-electron chi connectivity index (χ1n) is 8.82. The minimum atomic E-state index is -0.120. The number of aromatic nitrogens is 2. The van der Waals surface area contributed by atoms with Gasteiger partial charge in [-0.1, -0.05) is 24.3 Å². The standard InChI is InChI=1S/C21H22N4O2/c1-3-27-18-10-8-17(9-11-18)22-19-12-13-20(25-24-19)23-21(26)14-16-7-5-4-6-15(16)2/h4-13H,3,14H2,1-2H3,(H,22,24)(H,23,25,26). The monoisotopic (exact) mass is 362 g/mol. The molecule has 138 valence electrons. The zero-order valence-corrected chi connectivity index (χ0v) is 15.4. The molecule has 0 radical (unpaired) electrons. The average molecular weight is 362 g/mol. The molecular weight excluding hydrogens is 340 g/mol. The van der Waals surface area contributed by atoms with E-state index in [1.54, 1.807) is 12.1 Å². The highest BCUT2D eigenvalue weighted by Gasteiger charge is 2.07. The molecule has 1 heterocycles. The number of hydrogen-bond donors (Lipinski definition) is 2. The lowest BCUT2D eigenvalue weighted by atomic mass is 10.1. The van der Waals surface area contributed by atoms with Gasteiger partial charge in [-0.2, -0.15) is 0 Å². The molecule has 27 heavy (non-hydrogen) atoms. The topological polar surface area (TPSA) is 76.1 Å². The van der Waals surface area contributed by atoms with Crippen LogP contribution in [0.4, 0.5) is 17.3 Å². The van der Waals surface area contributed by atoms with Crippen molar-refractivity contribution in [3.8, 4) is 5.75 Å². The van der Waals surface area contributed by atoms with Gasteiger partial charge in [0, 0.05) is 5.69 Å². The Morgan fingerprint density at radius 3 is 2.33 bits per heavy atom. The van der Waals surface area contributed by atoms with Crippen molar-refractivity contribution in [2.45, 2.75) is 20.3 Å². The van der Waals surface area contributed by atoms with Crippen LogP contribution in [0.5, 0.6) is 5.75 Å². The fraction of sp³-hybridized carbons (Fsp3) is 0.190. The van der Waals surface area contributed by atoms with Crippen LogP contribution in [0.15, 0.2) is 60.7 Å². The molecule has 0 saturated carbocycles. The lowest BCUT2D eigenvalue weighted by molar-refractivity contribution is -0.115. The van der Waals surface area contributed by atoms with Crippen LogP contribution in [0.25, 0.3) is 0 Å². The van der Waals surface area contributed by atoms with Crippen molar-refractivity contribution in [3.05, 3.63) is 71.8 Å². The molecule has 0 saturated heterocycles. The van der Waals surface area contributed by atoms with Crippen molar-refractivity contribution in [1.29, 1.82) is 0 Å². The number of hydrogen-bond acceptors (Lipinski definition) is 5. The van der Waals surface area contributed by atoms with Crippen molar-refractivity contribution in [2.75, 3.05) is 17.2 Å². The Morgan fingerprint density at radius 1 is 0.963 bits per heavy atom. The third-order valence-corrected chi connectivity index (χ3v) is 3.98. The summed E-state index contributed by atoms with van der Waals surface area (Å²) < 4.78 is 5.42. The van der Waals surface area contributed by atoms with Crippen LogP contribution in [0.2, 0.25) is 0 Å². The Kier molecular flexibility index (Phi) is 5.99. The van der Waals surface area contributed by atoms with Gasteiger partial charge in [-0.25, -0.2) is 0 Å². The third-order valence-electron chi connectivity index (χ3n) is 3.98. The number of ether oxygens (including phenoxy) is 1. The molecule has 0 aliphatic heterocycles. The van der Waals surface area contributed by atoms with E-state index in [0.29, 0.717) is 24.7 Å². The number of carbonyl (C=O) groups excluding carboxylic acids is 1. The minimum absolute atomic E-state index is 0.120. The van der Waals surface area contributed by atoms with Gasteiger partial charge >= 0.3 is 0 Å². The van der Waals surface area contributed by atoms with E-state index in [1.165, 1.54) is 0 Å². The first-order chi connectivity index (χ1) is 13.1. The van der Waals surface area contributed by atoms with E-state index in [2.05, 4.69) is 20.8 Å². The molecule has 3 rings (SSSR count). The zero-order valence-electron chi connectivity index (χ0n) is 15.4. The summed E-state index contributed by atoms with van der Waals surface area (Å²) in [5, 5.41) is 14.1. The predicted molar refractivity (Wildman–Crippen MR) is 106 cm³/mol. The maximum Gasteiger partial charge on any atom is 0.230 e. The van der Waals surface area contributed by atoms with Crippen LogP contribution in [-0.2, 0) is 11.2 Å². The van der Waals surface area contributed by atoms with Crippen molar-refractivity contribution in [1.82, 2.24) is 10.2 Å². The van der Waals surface area contributed by atoms with Crippen molar-refractivity contribution in [2.24, 2.45) is 0 Å². The van der Waals surface area contributed by atoms with Crippen LogP contribution in [0.1, 0.15) is 18.1 Å². The molecule has 3 aromatic rings. The lowest BCUT2D eigenvalue weighted by Crippen LogP contribution is -2.16. The van der Waals surface area contributed by atoms with Gasteiger partial charge in [-0.05, 0) is 61.4 Å². The number of rotatable bonds is 7. The Labute approximate surface area is 158 Å². The first kappa shape index (κ1) is 18.4. The summed E-state index contributed by atoms with van der Waals surface area (Å²) in [6.45, 7) is 4.57. The van der Waals surface area contributed by atoms with Crippen molar-refractivity contribution < 1.29 is 9.53 Å². The number of nitrogens with one attached hydrogen (secondary N) is 2. The van der Waals surface area contributed by atoms with Gasteiger partial charge in [0.25, 0.3) is 0 Å². The first-order valence-corrected chi connectivity index (χ1v) is 8.82. The highest BCUT2D eigenvalue weighted by Crippen LogP contribution is 2.19. The summed E-state index contributed by atoms with van der Waals surface area (Å²) >= 11 is 0. The second-order valence-electron chi connectivity index (χ2n) is 6.04. The van der Waals surface area contributed by atoms with Gasteiger partial charge in [0.15, 0.2) is 11.6 Å². The van der Waals surface area contributed by atoms with E-state index < -0.39 is 0 Å². The van der Waals surface area contributed by atoms with E-state index in [-0.39, 0.29) is 5.91 Å². The summed E-state index contributed by atoms with van der Waals surface area (Å²) in [7, 11) is 0. The normalized spacial score (nSPS) is 10.3. The molecule has 0 aliphatic rings. The zero-order chi connectivity index (χ0) is 19.1. The van der Waals surface area contributed by atoms with E-state index in [0.717, 1.165) is 22.6 Å². The summed E-state index contributed by atoms with van der Waals surface area (Å²) in [5.41, 5.74) is 2.97. The number of amides is 1. The minimum Gasteiger partial charge on any atom is -0.494 e. The van der Waals surface area contributed by atoms with Crippen LogP contribution in [0.3, 0.4) is 0 Å². The average Bonchev–Trinajstić information content (AvgIpc) is 2.67. The highest BCUT2D eigenvalue weighted by molar-refractivity contribution is 5.91. The molecule has 0 fully saturated rings. The van der Waals surface area contributed by atoms with Gasteiger partial charge < -0.3 is 15.4 Å². The molecule has 6 nitrogen and oxygen atoms in total. The van der Waals surface area contributed by atoms with Gasteiger partial charge in [0.05, 0.1) is 13.0 Å². The quantitative estimate of drug-likeness (QED) is 0.661. The van der Waals surface area contributed by atoms with Crippen LogP contribution < -0.4 is 15.4 Å². The molecule has 0 unspecified atom stereocenters. The molecule has 0 bridgehead atoms.